The summed E-state index contributed by atoms with van der Waals surface area (Å²) in [5.74, 6) is 1.61. The summed E-state index contributed by atoms with van der Waals surface area (Å²) in [5, 5.41) is 6.40. The smallest absolute Gasteiger partial charge is 0.251 e. The third-order valence-corrected chi connectivity index (χ3v) is 6.90. The highest BCUT2D eigenvalue weighted by Gasteiger charge is 2.36. The molecule has 6 heteroatoms. The van der Waals surface area contributed by atoms with Crippen LogP contribution >= 0.6 is 0 Å². The van der Waals surface area contributed by atoms with Crippen LogP contribution in [0.4, 0.5) is 0 Å². The normalized spacial score (nSPS) is 21.4. The van der Waals surface area contributed by atoms with Crippen molar-refractivity contribution in [2.75, 3.05) is 33.2 Å². The second-order valence-corrected chi connectivity index (χ2v) is 9.12. The van der Waals surface area contributed by atoms with Crippen LogP contribution in [-0.2, 0) is 13.1 Å². The topological polar surface area (TPSA) is 60.0 Å². The second kappa shape index (κ2) is 11.3. The van der Waals surface area contributed by atoms with Crippen molar-refractivity contribution in [1.82, 2.24) is 20.4 Å². The van der Waals surface area contributed by atoms with Crippen LogP contribution in [0.25, 0.3) is 0 Å². The SMILES string of the molecule is CCNC(=O)c1cccc(CNC(=NC)N2CCC3C(CCCN3Cc3ccccc3)C2)c1. The molecule has 0 bridgehead atoms. The fourth-order valence-corrected chi connectivity index (χ4v) is 5.31. The summed E-state index contributed by atoms with van der Waals surface area (Å²) in [6.07, 6.45) is 3.73. The number of hydrogen-bond donors (Lipinski definition) is 2. The number of benzene rings is 2. The van der Waals surface area contributed by atoms with Gasteiger partial charge in [-0.05, 0) is 61.9 Å². The average molecular weight is 448 g/mol. The lowest BCUT2D eigenvalue weighted by Gasteiger charge is -2.48. The molecule has 2 heterocycles. The van der Waals surface area contributed by atoms with E-state index in [-0.39, 0.29) is 5.91 Å². The lowest BCUT2D eigenvalue weighted by Crippen LogP contribution is -2.56. The maximum atomic E-state index is 12.1. The Labute approximate surface area is 198 Å². The Kier molecular flexibility index (Phi) is 8.00. The molecule has 0 aromatic heterocycles. The van der Waals surface area contributed by atoms with Gasteiger partial charge in [0.25, 0.3) is 5.91 Å². The van der Waals surface area contributed by atoms with Crippen LogP contribution in [0.2, 0.25) is 0 Å². The Morgan fingerprint density at radius 1 is 1.03 bits per heavy atom. The first-order valence-corrected chi connectivity index (χ1v) is 12.3. The predicted octanol–water partition coefficient (Wildman–Crippen LogP) is 3.50. The van der Waals surface area contributed by atoms with Crippen molar-refractivity contribution in [3.05, 3.63) is 71.3 Å². The van der Waals surface area contributed by atoms with Gasteiger partial charge >= 0.3 is 0 Å². The predicted molar refractivity (Wildman–Crippen MR) is 134 cm³/mol. The van der Waals surface area contributed by atoms with E-state index in [0.717, 1.165) is 31.2 Å². The standard InChI is InChI=1S/C27H37N5O/c1-3-29-26(33)23-12-7-11-22(17-23)18-30-27(28-2)32-16-14-25-24(20-32)13-8-15-31(25)19-21-9-5-4-6-10-21/h4-7,9-12,17,24-25H,3,8,13-16,18-20H2,1-2H3,(H,28,30)(H,29,33). The lowest BCUT2D eigenvalue weighted by atomic mass is 9.83. The van der Waals surface area contributed by atoms with E-state index in [0.29, 0.717) is 30.6 Å². The Hall–Kier alpha value is -2.86. The van der Waals surface area contributed by atoms with Gasteiger partial charge < -0.3 is 15.5 Å². The molecule has 1 amide bonds. The van der Waals surface area contributed by atoms with E-state index in [9.17, 15) is 4.79 Å². The van der Waals surface area contributed by atoms with E-state index in [2.05, 4.69) is 61.8 Å². The van der Waals surface area contributed by atoms with Crippen molar-refractivity contribution in [3.63, 3.8) is 0 Å². The zero-order valence-electron chi connectivity index (χ0n) is 20.0. The van der Waals surface area contributed by atoms with E-state index in [1.54, 1.807) is 0 Å². The summed E-state index contributed by atoms with van der Waals surface area (Å²) in [5.41, 5.74) is 3.20. The average Bonchev–Trinajstić information content (AvgIpc) is 2.85. The van der Waals surface area contributed by atoms with Crippen LogP contribution in [0, 0.1) is 5.92 Å². The molecule has 33 heavy (non-hydrogen) atoms. The van der Waals surface area contributed by atoms with Gasteiger partial charge in [0.15, 0.2) is 5.96 Å². The molecule has 4 rings (SSSR count). The minimum atomic E-state index is -0.0249. The van der Waals surface area contributed by atoms with Gasteiger partial charge in [0.2, 0.25) is 0 Å². The van der Waals surface area contributed by atoms with Crippen LogP contribution in [-0.4, -0.2) is 60.9 Å². The van der Waals surface area contributed by atoms with Crippen molar-refractivity contribution in [1.29, 1.82) is 0 Å². The fraction of sp³-hybridized carbons (Fsp3) is 0.481. The molecule has 0 aliphatic carbocycles. The molecular formula is C27H37N5O. The second-order valence-electron chi connectivity index (χ2n) is 9.12. The van der Waals surface area contributed by atoms with Gasteiger partial charge in [0.05, 0.1) is 0 Å². The number of nitrogens with one attached hydrogen (secondary N) is 2. The molecule has 0 radical (unpaired) electrons. The summed E-state index contributed by atoms with van der Waals surface area (Å²) >= 11 is 0. The van der Waals surface area contributed by atoms with E-state index in [1.807, 2.05) is 32.2 Å². The number of carbonyl (C=O) groups excluding carboxylic acids is 1. The Balaban J connectivity index is 1.34. The van der Waals surface area contributed by atoms with Crippen LogP contribution in [0.1, 0.15) is 47.7 Å². The number of carbonyl (C=O) groups is 1. The van der Waals surface area contributed by atoms with Crippen LogP contribution in [0.5, 0.6) is 0 Å². The first-order chi connectivity index (χ1) is 16.2. The number of fused-ring (bicyclic) bond motifs is 1. The number of hydrogen-bond acceptors (Lipinski definition) is 3. The highest BCUT2D eigenvalue weighted by molar-refractivity contribution is 5.94. The summed E-state index contributed by atoms with van der Waals surface area (Å²) in [7, 11) is 1.86. The molecule has 2 aliphatic heterocycles. The van der Waals surface area contributed by atoms with Crippen LogP contribution in [0.3, 0.4) is 0 Å². The molecule has 2 aromatic carbocycles. The Morgan fingerprint density at radius 2 is 1.85 bits per heavy atom. The molecule has 2 fully saturated rings. The molecule has 6 nitrogen and oxygen atoms in total. The van der Waals surface area contributed by atoms with E-state index >= 15 is 0 Å². The summed E-state index contributed by atoms with van der Waals surface area (Å²) in [6, 6.07) is 19.3. The first-order valence-electron chi connectivity index (χ1n) is 12.3. The van der Waals surface area contributed by atoms with Crippen molar-refractivity contribution in [3.8, 4) is 0 Å². The van der Waals surface area contributed by atoms with Gasteiger partial charge in [-0.3, -0.25) is 14.7 Å². The summed E-state index contributed by atoms with van der Waals surface area (Å²) < 4.78 is 0. The zero-order chi connectivity index (χ0) is 23.0. The first kappa shape index (κ1) is 23.3. The Morgan fingerprint density at radius 3 is 2.64 bits per heavy atom. The summed E-state index contributed by atoms with van der Waals surface area (Å²) in [4.78, 5) is 21.8. The number of piperidine rings is 2. The van der Waals surface area contributed by atoms with Crippen molar-refractivity contribution in [2.45, 2.75) is 45.3 Å². The monoisotopic (exact) mass is 447 g/mol. The number of aliphatic imine (C=N–C) groups is 1. The van der Waals surface area contributed by atoms with E-state index < -0.39 is 0 Å². The van der Waals surface area contributed by atoms with Gasteiger partial charge in [-0.1, -0.05) is 42.5 Å². The molecule has 0 spiro atoms. The number of amides is 1. The van der Waals surface area contributed by atoms with Gasteiger partial charge in [-0.15, -0.1) is 0 Å². The Bertz CT molecular complexity index is 945. The minimum Gasteiger partial charge on any atom is -0.352 e. The summed E-state index contributed by atoms with van der Waals surface area (Å²) in [6.45, 7) is 7.55. The molecule has 2 unspecified atom stereocenters. The van der Waals surface area contributed by atoms with Gasteiger partial charge in [-0.25, -0.2) is 0 Å². The van der Waals surface area contributed by atoms with Crippen molar-refractivity contribution < 1.29 is 4.79 Å². The molecule has 2 aromatic rings. The molecule has 2 saturated heterocycles. The number of nitrogens with zero attached hydrogens (tertiary/aromatic N) is 3. The van der Waals surface area contributed by atoms with Gasteiger partial charge in [-0.2, -0.15) is 0 Å². The number of rotatable bonds is 6. The van der Waals surface area contributed by atoms with Gasteiger partial charge in [0, 0.05) is 51.4 Å². The molecule has 2 aliphatic rings. The highest BCUT2D eigenvalue weighted by Crippen LogP contribution is 2.31. The van der Waals surface area contributed by atoms with Crippen molar-refractivity contribution >= 4 is 11.9 Å². The molecule has 2 N–H and O–H groups in total. The van der Waals surface area contributed by atoms with Gasteiger partial charge in [0.1, 0.15) is 0 Å². The minimum absolute atomic E-state index is 0.0249. The maximum absolute atomic E-state index is 12.1. The number of likely N-dealkylation sites (tertiary alicyclic amines) is 2. The fourth-order valence-electron chi connectivity index (χ4n) is 5.31. The number of guanidine groups is 1. The van der Waals surface area contributed by atoms with Crippen LogP contribution in [0.15, 0.2) is 59.6 Å². The van der Waals surface area contributed by atoms with E-state index in [1.165, 1.54) is 31.4 Å². The lowest BCUT2D eigenvalue weighted by molar-refractivity contribution is 0.0372. The molecule has 2 atom stereocenters. The van der Waals surface area contributed by atoms with Crippen molar-refractivity contribution in [2.24, 2.45) is 10.9 Å². The molecular weight excluding hydrogens is 410 g/mol. The maximum Gasteiger partial charge on any atom is 0.251 e. The zero-order valence-corrected chi connectivity index (χ0v) is 20.0. The third-order valence-electron chi connectivity index (χ3n) is 6.90. The third kappa shape index (κ3) is 5.93. The van der Waals surface area contributed by atoms with E-state index in [4.69, 9.17) is 0 Å². The molecule has 0 saturated carbocycles. The highest BCUT2D eigenvalue weighted by atomic mass is 16.1. The molecule has 176 valence electrons. The quantitative estimate of drug-likeness (QED) is 0.526. The largest absolute Gasteiger partial charge is 0.352 e. The van der Waals surface area contributed by atoms with Crippen LogP contribution < -0.4 is 10.6 Å².